The molecular weight excluding hydrogens is 330 g/mol. The Morgan fingerprint density at radius 1 is 1.15 bits per heavy atom. The van der Waals surface area contributed by atoms with Gasteiger partial charge in [0.15, 0.2) is 0 Å². The molecule has 0 aliphatic heterocycles. The monoisotopic (exact) mass is 353 g/mol. The molecule has 136 valence electrons. The first-order chi connectivity index (χ1) is 12.6. The number of carbonyl (C=O) groups excluding carboxylic acids is 1. The summed E-state index contributed by atoms with van der Waals surface area (Å²) in [6, 6.07) is 12.9. The number of nitrogen functional groups attached to an aromatic ring is 1. The molecule has 0 spiro atoms. The Morgan fingerprint density at radius 2 is 1.96 bits per heavy atom. The summed E-state index contributed by atoms with van der Waals surface area (Å²) < 4.78 is 10.7. The van der Waals surface area contributed by atoms with Crippen LogP contribution in [0.15, 0.2) is 42.5 Å². The predicted octanol–water partition coefficient (Wildman–Crippen LogP) is 3.13. The molecule has 1 heterocycles. The van der Waals surface area contributed by atoms with Gasteiger partial charge in [0.05, 0.1) is 25.3 Å². The highest BCUT2D eigenvalue weighted by atomic mass is 16.5. The zero-order valence-corrected chi connectivity index (χ0v) is 15.0. The highest BCUT2D eigenvalue weighted by Gasteiger charge is 2.10. The van der Waals surface area contributed by atoms with Crippen LogP contribution in [0.5, 0.6) is 11.5 Å². The Balaban J connectivity index is 1.60. The fourth-order valence-electron chi connectivity index (χ4n) is 2.94. The van der Waals surface area contributed by atoms with Crippen LogP contribution in [0.1, 0.15) is 22.5 Å². The number of fused-ring (bicyclic) bond motifs is 1. The molecule has 0 unspecified atom stereocenters. The quantitative estimate of drug-likeness (QED) is 0.450. The standard InChI is InChI=1S/C20H23N3O3/c1-25-14-11-18-16(19(12-14)26-2)10-13(23-18)6-5-9-22-20(24)15-7-3-4-8-17(15)21/h3-4,7-8,10-12,23H,5-6,9,21H2,1-2H3,(H,22,24). The number of aryl methyl sites for hydroxylation is 1. The van der Waals surface area contributed by atoms with Gasteiger partial charge in [-0.15, -0.1) is 0 Å². The van der Waals surface area contributed by atoms with Crippen LogP contribution < -0.4 is 20.5 Å². The molecule has 0 saturated heterocycles. The van der Waals surface area contributed by atoms with E-state index in [1.54, 1.807) is 32.4 Å². The maximum Gasteiger partial charge on any atom is 0.253 e. The number of nitrogens with one attached hydrogen (secondary N) is 2. The first-order valence-electron chi connectivity index (χ1n) is 8.48. The number of carbonyl (C=O) groups is 1. The fourth-order valence-corrected chi connectivity index (χ4v) is 2.94. The largest absolute Gasteiger partial charge is 0.497 e. The fraction of sp³-hybridized carbons (Fsp3) is 0.250. The summed E-state index contributed by atoms with van der Waals surface area (Å²) in [6.07, 6.45) is 1.62. The number of H-pyrrole nitrogens is 1. The molecule has 0 saturated carbocycles. The second-order valence-electron chi connectivity index (χ2n) is 6.03. The third-order valence-electron chi connectivity index (χ3n) is 4.30. The molecule has 0 bridgehead atoms. The summed E-state index contributed by atoms with van der Waals surface area (Å²) in [5, 5.41) is 3.93. The van der Waals surface area contributed by atoms with E-state index in [1.807, 2.05) is 18.2 Å². The molecule has 0 atom stereocenters. The normalized spacial score (nSPS) is 10.7. The number of aromatic amines is 1. The van der Waals surface area contributed by atoms with Gasteiger partial charge in [-0.2, -0.15) is 0 Å². The van der Waals surface area contributed by atoms with Crippen LogP contribution >= 0.6 is 0 Å². The molecule has 4 N–H and O–H groups in total. The van der Waals surface area contributed by atoms with Crippen molar-refractivity contribution in [1.29, 1.82) is 0 Å². The third kappa shape index (κ3) is 3.74. The molecule has 26 heavy (non-hydrogen) atoms. The van der Waals surface area contributed by atoms with Gasteiger partial charge < -0.3 is 25.5 Å². The molecule has 3 aromatic rings. The number of rotatable bonds is 7. The molecule has 6 nitrogen and oxygen atoms in total. The van der Waals surface area contributed by atoms with Crippen LogP contribution in [-0.4, -0.2) is 31.7 Å². The van der Waals surface area contributed by atoms with Gasteiger partial charge in [0.25, 0.3) is 5.91 Å². The van der Waals surface area contributed by atoms with Crippen molar-refractivity contribution in [1.82, 2.24) is 10.3 Å². The minimum atomic E-state index is -0.147. The van der Waals surface area contributed by atoms with Gasteiger partial charge in [-0.05, 0) is 31.0 Å². The highest BCUT2D eigenvalue weighted by Crippen LogP contribution is 2.31. The second-order valence-corrected chi connectivity index (χ2v) is 6.03. The number of ether oxygens (including phenoxy) is 2. The number of benzene rings is 2. The number of hydrogen-bond donors (Lipinski definition) is 3. The highest BCUT2D eigenvalue weighted by molar-refractivity contribution is 5.99. The van der Waals surface area contributed by atoms with E-state index < -0.39 is 0 Å². The number of amides is 1. The lowest BCUT2D eigenvalue weighted by atomic mass is 10.1. The van der Waals surface area contributed by atoms with E-state index >= 15 is 0 Å². The van der Waals surface area contributed by atoms with Crippen molar-refractivity contribution in [2.75, 3.05) is 26.5 Å². The van der Waals surface area contributed by atoms with Crippen LogP contribution in [0.3, 0.4) is 0 Å². The van der Waals surface area contributed by atoms with Gasteiger partial charge in [-0.3, -0.25) is 4.79 Å². The van der Waals surface area contributed by atoms with Gasteiger partial charge >= 0.3 is 0 Å². The van der Waals surface area contributed by atoms with E-state index in [-0.39, 0.29) is 5.91 Å². The summed E-state index contributed by atoms with van der Waals surface area (Å²) in [5.41, 5.74) is 8.87. The van der Waals surface area contributed by atoms with Gasteiger partial charge in [0, 0.05) is 35.4 Å². The van der Waals surface area contributed by atoms with E-state index in [0.29, 0.717) is 17.8 Å². The zero-order valence-electron chi connectivity index (χ0n) is 15.0. The number of anilines is 1. The Hall–Kier alpha value is -3.15. The van der Waals surface area contributed by atoms with Gasteiger partial charge in [0.1, 0.15) is 11.5 Å². The maximum absolute atomic E-state index is 12.1. The van der Waals surface area contributed by atoms with E-state index in [0.717, 1.165) is 40.9 Å². The Bertz CT molecular complexity index is 918. The average molecular weight is 353 g/mol. The van der Waals surface area contributed by atoms with E-state index in [4.69, 9.17) is 15.2 Å². The molecule has 3 rings (SSSR count). The molecule has 0 radical (unpaired) electrons. The summed E-state index contributed by atoms with van der Waals surface area (Å²) in [7, 11) is 3.28. The first-order valence-corrected chi connectivity index (χ1v) is 8.48. The maximum atomic E-state index is 12.1. The van der Waals surface area contributed by atoms with Crippen molar-refractivity contribution >= 4 is 22.5 Å². The summed E-state index contributed by atoms with van der Waals surface area (Å²) in [5.74, 6) is 1.37. The molecule has 2 aromatic carbocycles. The number of aromatic nitrogens is 1. The minimum absolute atomic E-state index is 0.147. The number of methoxy groups -OCH3 is 2. The van der Waals surface area contributed by atoms with Crippen LogP contribution in [-0.2, 0) is 6.42 Å². The topological polar surface area (TPSA) is 89.4 Å². The molecule has 0 fully saturated rings. The SMILES string of the molecule is COc1cc(OC)c2cc(CCCNC(=O)c3ccccc3N)[nH]c2c1. The van der Waals surface area contributed by atoms with Crippen molar-refractivity contribution in [3.8, 4) is 11.5 Å². The molecule has 1 aromatic heterocycles. The lowest BCUT2D eigenvalue weighted by molar-refractivity contribution is 0.0954. The van der Waals surface area contributed by atoms with E-state index in [2.05, 4.69) is 16.4 Å². The van der Waals surface area contributed by atoms with E-state index in [9.17, 15) is 4.79 Å². The second kappa shape index (κ2) is 7.82. The van der Waals surface area contributed by atoms with Crippen LogP contribution in [0, 0.1) is 0 Å². The van der Waals surface area contributed by atoms with Gasteiger partial charge in [-0.25, -0.2) is 0 Å². The van der Waals surface area contributed by atoms with Crippen LogP contribution in [0.25, 0.3) is 10.9 Å². The predicted molar refractivity (Wildman–Crippen MR) is 103 cm³/mol. The summed E-state index contributed by atoms with van der Waals surface area (Å²) in [4.78, 5) is 15.5. The zero-order chi connectivity index (χ0) is 18.5. The smallest absolute Gasteiger partial charge is 0.253 e. The Kier molecular flexibility index (Phi) is 5.31. The summed E-state index contributed by atoms with van der Waals surface area (Å²) >= 11 is 0. The number of hydrogen-bond acceptors (Lipinski definition) is 4. The number of nitrogens with two attached hydrogens (primary N) is 1. The van der Waals surface area contributed by atoms with Crippen LogP contribution in [0.4, 0.5) is 5.69 Å². The molecule has 6 heteroatoms. The molecule has 1 amide bonds. The van der Waals surface area contributed by atoms with Crippen molar-refractivity contribution in [3.63, 3.8) is 0 Å². The molecule has 0 aliphatic carbocycles. The number of para-hydroxylation sites is 1. The average Bonchev–Trinajstić information content (AvgIpc) is 3.07. The van der Waals surface area contributed by atoms with Gasteiger partial charge in [-0.1, -0.05) is 12.1 Å². The third-order valence-corrected chi connectivity index (χ3v) is 4.30. The van der Waals surface area contributed by atoms with Crippen molar-refractivity contribution in [2.24, 2.45) is 0 Å². The van der Waals surface area contributed by atoms with Crippen LogP contribution in [0.2, 0.25) is 0 Å². The molecule has 0 aliphatic rings. The Morgan fingerprint density at radius 3 is 2.69 bits per heavy atom. The minimum Gasteiger partial charge on any atom is -0.497 e. The van der Waals surface area contributed by atoms with Crippen molar-refractivity contribution in [2.45, 2.75) is 12.8 Å². The van der Waals surface area contributed by atoms with Gasteiger partial charge in [0.2, 0.25) is 0 Å². The van der Waals surface area contributed by atoms with Crippen molar-refractivity contribution < 1.29 is 14.3 Å². The lowest BCUT2D eigenvalue weighted by Crippen LogP contribution is -2.25. The Labute approximate surface area is 152 Å². The first kappa shape index (κ1) is 17.7. The lowest BCUT2D eigenvalue weighted by Gasteiger charge is -2.06. The summed E-state index contributed by atoms with van der Waals surface area (Å²) in [6.45, 7) is 0.572. The van der Waals surface area contributed by atoms with E-state index in [1.165, 1.54) is 0 Å². The molecular formula is C20H23N3O3. The van der Waals surface area contributed by atoms with Crippen molar-refractivity contribution in [3.05, 3.63) is 53.7 Å².